The van der Waals surface area contributed by atoms with E-state index in [-0.39, 0.29) is 12.1 Å². The third kappa shape index (κ3) is 4.65. The van der Waals surface area contributed by atoms with Crippen molar-refractivity contribution in [1.82, 2.24) is 14.7 Å². The fraction of sp³-hybridized carbons (Fsp3) is 0.692. The summed E-state index contributed by atoms with van der Waals surface area (Å²) in [4.78, 5) is 13.8. The van der Waals surface area contributed by atoms with E-state index in [4.69, 9.17) is 4.74 Å². The third-order valence-electron chi connectivity index (χ3n) is 2.91. The highest BCUT2D eigenvalue weighted by molar-refractivity contribution is 5.90. The molecule has 1 aromatic heterocycles. The molecule has 6 nitrogen and oxygen atoms in total. The van der Waals surface area contributed by atoms with Gasteiger partial charge in [-0.2, -0.15) is 5.10 Å². The lowest BCUT2D eigenvalue weighted by Gasteiger charge is -2.18. The maximum Gasteiger partial charge on any atom is 0.341 e. The van der Waals surface area contributed by atoms with Crippen LogP contribution in [0.25, 0.3) is 0 Å². The van der Waals surface area contributed by atoms with Crippen LogP contribution in [0.1, 0.15) is 36.3 Å². The molecular formula is C13H23N3O3. The van der Waals surface area contributed by atoms with Gasteiger partial charge in [0.1, 0.15) is 5.56 Å². The minimum atomic E-state index is -0.338. The highest BCUT2D eigenvalue weighted by atomic mass is 16.5. The Morgan fingerprint density at radius 2 is 2.32 bits per heavy atom. The molecule has 1 unspecified atom stereocenters. The summed E-state index contributed by atoms with van der Waals surface area (Å²) < 4.78 is 6.70. The van der Waals surface area contributed by atoms with Crippen LogP contribution in [0, 0.1) is 0 Å². The molecule has 1 heterocycles. The molecule has 0 radical (unpaired) electrons. The number of hydrogen-bond donors (Lipinski definition) is 1. The molecule has 6 heteroatoms. The van der Waals surface area contributed by atoms with Crippen molar-refractivity contribution in [3.63, 3.8) is 0 Å². The largest absolute Gasteiger partial charge is 0.462 e. The Morgan fingerprint density at radius 3 is 2.89 bits per heavy atom. The number of nitrogens with zero attached hydrogens (tertiary/aromatic N) is 3. The average molecular weight is 269 g/mol. The van der Waals surface area contributed by atoms with Gasteiger partial charge in [-0.3, -0.25) is 4.68 Å². The Bertz CT molecular complexity index is 415. The van der Waals surface area contributed by atoms with Gasteiger partial charge >= 0.3 is 5.97 Å². The van der Waals surface area contributed by atoms with E-state index in [1.807, 2.05) is 11.9 Å². The second-order valence-corrected chi connectivity index (χ2v) is 4.72. The van der Waals surface area contributed by atoms with Crippen molar-refractivity contribution in [2.45, 2.75) is 32.9 Å². The van der Waals surface area contributed by atoms with E-state index in [1.54, 1.807) is 25.6 Å². The quantitative estimate of drug-likeness (QED) is 0.742. The first-order valence-corrected chi connectivity index (χ1v) is 6.50. The summed E-state index contributed by atoms with van der Waals surface area (Å²) in [5.41, 5.74) is 1.33. The van der Waals surface area contributed by atoms with Gasteiger partial charge in [-0.15, -0.1) is 0 Å². The van der Waals surface area contributed by atoms with Crippen molar-refractivity contribution in [1.29, 1.82) is 0 Å². The summed E-state index contributed by atoms with van der Waals surface area (Å²) in [6, 6.07) is 0. The molecule has 19 heavy (non-hydrogen) atoms. The second kappa shape index (κ2) is 7.25. The molecule has 0 aliphatic heterocycles. The molecule has 1 aromatic rings. The topological polar surface area (TPSA) is 67.6 Å². The Hall–Kier alpha value is -1.40. The van der Waals surface area contributed by atoms with Gasteiger partial charge in [0.25, 0.3) is 0 Å². The second-order valence-electron chi connectivity index (χ2n) is 4.72. The number of aliphatic hydroxyl groups excluding tert-OH is 1. The molecule has 1 N–H and O–H groups in total. The summed E-state index contributed by atoms with van der Waals surface area (Å²) >= 11 is 0. The fourth-order valence-electron chi connectivity index (χ4n) is 1.77. The van der Waals surface area contributed by atoms with E-state index in [0.29, 0.717) is 25.1 Å². The zero-order chi connectivity index (χ0) is 14.4. The highest BCUT2D eigenvalue weighted by Gasteiger charge is 2.18. The number of aliphatic hydroxyl groups is 1. The van der Waals surface area contributed by atoms with Gasteiger partial charge in [0, 0.05) is 20.1 Å². The number of hydrogen-bond acceptors (Lipinski definition) is 5. The van der Waals surface area contributed by atoms with Crippen LogP contribution >= 0.6 is 0 Å². The molecule has 108 valence electrons. The minimum absolute atomic E-state index is 0.321. The monoisotopic (exact) mass is 269 g/mol. The van der Waals surface area contributed by atoms with Crippen LogP contribution in [-0.2, 0) is 18.3 Å². The molecule has 0 fully saturated rings. The number of esters is 1. The number of aryl methyl sites for hydroxylation is 1. The van der Waals surface area contributed by atoms with E-state index in [2.05, 4.69) is 5.10 Å². The van der Waals surface area contributed by atoms with Crippen molar-refractivity contribution >= 4 is 5.97 Å². The van der Waals surface area contributed by atoms with Gasteiger partial charge < -0.3 is 14.7 Å². The molecule has 0 saturated carbocycles. The normalized spacial score (nSPS) is 12.7. The molecule has 0 aliphatic rings. The van der Waals surface area contributed by atoms with Crippen molar-refractivity contribution in [3.8, 4) is 0 Å². The van der Waals surface area contributed by atoms with Crippen LogP contribution in [0.4, 0.5) is 0 Å². The first-order valence-electron chi connectivity index (χ1n) is 6.50. The van der Waals surface area contributed by atoms with Gasteiger partial charge in [0.15, 0.2) is 0 Å². The Labute approximate surface area is 114 Å². The summed E-state index contributed by atoms with van der Waals surface area (Å²) in [6.07, 6.45) is 1.91. The van der Waals surface area contributed by atoms with Gasteiger partial charge in [-0.1, -0.05) is 0 Å². The van der Waals surface area contributed by atoms with E-state index in [1.165, 1.54) is 6.20 Å². The van der Waals surface area contributed by atoms with E-state index < -0.39 is 0 Å². The predicted octanol–water partition coefficient (Wildman–Crippen LogP) is 0.800. The molecule has 0 aromatic carbocycles. The molecular weight excluding hydrogens is 246 g/mol. The zero-order valence-corrected chi connectivity index (χ0v) is 12.1. The maximum absolute atomic E-state index is 11.8. The summed E-state index contributed by atoms with van der Waals surface area (Å²) in [7, 11) is 3.75. The van der Waals surface area contributed by atoms with Gasteiger partial charge in [0.2, 0.25) is 0 Å². The first kappa shape index (κ1) is 15.7. The average Bonchev–Trinajstić information content (AvgIpc) is 2.69. The van der Waals surface area contributed by atoms with Crippen LogP contribution in [0.2, 0.25) is 0 Å². The third-order valence-corrected chi connectivity index (χ3v) is 2.91. The van der Waals surface area contributed by atoms with E-state index in [0.717, 1.165) is 12.2 Å². The van der Waals surface area contributed by atoms with E-state index >= 15 is 0 Å². The predicted molar refractivity (Wildman–Crippen MR) is 71.8 cm³/mol. The van der Waals surface area contributed by atoms with E-state index in [9.17, 15) is 9.90 Å². The van der Waals surface area contributed by atoms with Crippen LogP contribution in [0.15, 0.2) is 6.20 Å². The van der Waals surface area contributed by atoms with Crippen LogP contribution in [-0.4, -0.2) is 52.1 Å². The van der Waals surface area contributed by atoms with Gasteiger partial charge in [0.05, 0.1) is 24.6 Å². The molecule has 0 spiro atoms. The lowest BCUT2D eigenvalue weighted by Crippen LogP contribution is -2.24. The van der Waals surface area contributed by atoms with Crippen molar-refractivity contribution < 1.29 is 14.6 Å². The summed E-state index contributed by atoms with van der Waals surface area (Å²) in [5.74, 6) is -0.338. The van der Waals surface area contributed by atoms with Crippen molar-refractivity contribution in [3.05, 3.63) is 17.5 Å². The Morgan fingerprint density at radius 1 is 1.63 bits per heavy atom. The Kier molecular flexibility index (Phi) is 5.98. The number of carbonyl (C=O) groups is 1. The molecule has 0 amide bonds. The zero-order valence-electron chi connectivity index (χ0n) is 12.1. The smallest absolute Gasteiger partial charge is 0.341 e. The SMILES string of the molecule is CCOC(=O)c1cnn(C)c1CN(C)CCC(C)O. The molecule has 0 aliphatic carbocycles. The first-order chi connectivity index (χ1) is 8.95. The number of rotatable bonds is 7. The van der Waals surface area contributed by atoms with Gasteiger partial charge in [-0.25, -0.2) is 4.79 Å². The summed E-state index contributed by atoms with van der Waals surface area (Å²) in [6.45, 7) is 5.25. The Balaban J connectivity index is 2.71. The van der Waals surface area contributed by atoms with Crippen molar-refractivity contribution in [2.24, 2.45) is 7.05 Å². The number of aromatic nitrogens is 2. The summed E-state index contributed by atoms with van der Waals surface area (Å²) in [5, 5.41) is 13.4. The van der Waals surface area contributed by atoms with Crippen LogP contribution in [0.5, 0.6) is 0 Å². The number of carbonyl (C=O) groups excluding carboxylic acids is 1. The van der Waals surface area contributed by atoms with Crippen LogP contribution < -0.4 is 0 Å². The molecule has 0 saturated heterocycles. The molecule has 0 bridgehead atoms. The maximum atomic E-state index is 11.8. The molecule has 1 rings (SSSR count). The lowest BCUT2D eigenvalue weighted by atomic mass is 10.2. The molecule has 1 atom stereocenters. The minimum Gasteiger partial charge on any atom is -0.462 e. The van der Waals surface area contributed by atoms with Crippen LogP contribution in [0.3, 0.4) is 0 Å². The number of ether oxygens (including phenoxy) is 1. The lowest BCUT2D eigenvalue weighted by molar-refractivity contribution is 0.0523. The standard InChI is InChI=1S/C13H23N3O3/c1-5-19-13(18)11-8-14-16(4)12(11)9-15(3)7-6-10(2)17/h8,10,17H,5-7,9H2,1-4H3. The van der Waals surface area contributed by atoms with Crippen molar-refractivity contribution in [2.75, 3.05) is 20.2 Å². The highest BCUT2D eigenvalue weighted by Crippen LogP contribution is 2.12. The fourth-order valence-corrected chi connectivity index (χ4v) is 1.77. The van der Waals surface area contributed by atoms with Gasteiger partial charge in [-0.05, 0) is 27.3 Å².